The molecular formula is C28H29NO6S. The molecule has 188 valence electrons. The number of hydrogen-bond donors (Lipinski definition) is 1. The van der Waals surface area contributed by atoms with E-state index in [1.165, 1.54) is 4.31 Å². The number of sulfonamides is 1. The van der Waals surface area contributed by atoms with Crippen LogP contribution < -0.4 is 9.47 Å². The molecule has 0 bridgehead atoms. The van der Waals surface area contributed by atoms with Gasteiger partial charge in [-0.2, -0.15) is 4.31 Å². The molecule has 0 amide bonds. The number of carbonyl (C=O) groups excluding carboxylic acids is 1. The number of ether oxygens (including phenoxy) is 2. The van der Waals surface area contributed by atoms with Crippen LogP contribution in [-0.2, 0) is 26.7 Å². The van der Waals surface area contributed by atoms with E-state index in [0.717, 1.165) is 35.1 Å². The van der Waals surface area contributed by atoms with Gasteiger partial charge in [0, 0.05) is 19.5 Å². The van der Waals surface area contributed by atoms with Gasteiger partial charge in [0.05, 0.1) is 16.9 Å². The number of benzene rings is 3. The molecule has 0 saturated heterocycles. The number of hydrogen-bond acceptors (Lipinski definition) is 6. The second kappa shape index (κ2) is 9.69. The molecular weight excluding hydrogens is 478 g/mol. The van der Waals surface area contributed by atoms with Gasteiger partial charge in [0.15, 0.2) is 11.5 Å². The molecule has 7 nitrogen and oxygen atoms in total. The van der Waals surface area contributed by atoms with Crippen LogP contribution >= 0.6 is 0 Å². The molecule has 36 heavy (non-hydrogen) atoms. The molecule has 0 unspecified atom stereocenters. The highest BCUT2D eigenvalue weighted by Gasteiger charge is 2.50. The molecule has 5 rings (SSSR count). The maximum absolute atomic E-state index is 13.4. The largest absolute Gasteiger partial charge is 0.454 e. The Morgan fingerprint density at radius 2 is 1.72 bits per heavy atom. The molecule has 1 saturated carbocycles. The van der Waals surface area contributed by atoms with Crippen molar-refractivity contribution in [1.29, 1.82) is 0 Å². The summed E-state index contributed by atoms with van der Waals surface area (Å²) >= 11 is 0. The van der Waals surface area contributed by atoms with E-state index < -0.39 is 15.4 Å². The van der Waals surface area contributed by atoms with Crippen LogP contribution in [0, 0.1) is 0 Å². The first-order valence-corrected chi connectivity index (χ1v) is 13.6. The van der Waals surface area contributed by atoms with Crippen LogP contribution in [0.1, 0.15) is 30.9 Å². The number of aliphatic hydroxyl groups is 1. The van der Waals surface area contributed by atoms with Gasteiger partial charge in [-0.3, -0.25) is 4.79 Å². The van der Waals surface area contributed by atoms with Crippen molar-refractivity contribution in [2.45, 2.75) is 36.5 Å². The fraction of sp³-hybridized carbons (Fsp3) is 0.321. The van der Waals surface area contributed by atoms with Gasteiger partial charge in [-0.25, -0.2) is 8.42 Å². The molecule has 3 aromatic carbocycles. The summed E-state index contributed by atoms with van der Waals surface area (Å²) in [5, 5.41) is 9.17. The molecule has 0 spiro atoms. The SMILES string of the molecule is CCN(CCO)S(=O)(=O)c1ccc(-c2cccc(CC(=O)C3(c4ccc5c(c4)OCO5)CC3)c2)cc1. The van der Waals surface area contributed by atoms with Crippen molar-refractivity contribution in [3.05, 3.63) is 77.9 Å². The van der Waals surface area contributed by atoms with Crippen LogP contribution in [0.2, 0.25) is 0 Å². The van der Waals surface area contributed by atoms with Crippen LogP contribution in [0.3, 0.4) is 0 Å². The minimum absolute atomic E-state index is 0.0599. The second-order valence-electron chi connectivity index (χ2n) is 9.20. The number of carbonyl (C=O) groups is 1. The highest BCUT2D eigenvalue weighted by atomic mass is 32.2. The summed E-state index contributed by atoms with van der Waals surface area (Å²) in [5.74, 6) is 1.59. The van der Waals surface area contributed by atoms with Gasteiger partial charge in [0.25, 0.3) is 0 Å². The Bertz CT molecular complexity index is 1380. The first-order chi connectivity index (χ1) is 17.4. The number of likely N-dealkylation sites (N-methyl/N-ethyl adjacent to an activating group) is 1. The first kappa shape index (κ1) is 24.5. The summed E-state index contributed by atoms with van der Waals surface area (Å²) in [6, 6.07) is 20.3. The van der Waals surface area contributed by atoms with Crippen molar-refractivity contribution in [2.24, 2.45) is 0 Å². The van der Waals surface area contributed by atoms with Gasteiger partial charge < -0.3 is 14.6 Å². The van der Waals surface area contributed by atoms with E-state index in [-0.39, 0.29) is 37.2 Å². The smallest absolute Gasteiger partial charge is 0.243 e. The Kier molecular flexibility index (Phi) is 6.59. The summed E-state index contributed by atoms with van der Waals surface area (Å²) in [4.78, 5) is 13.6. The van der Waals surface area contributed by atoms with E-state index in [0.29, 0.717) is 17.9 Å². The lowest BCUT2D eigenvalue weighted by Crippen LogP contribution is -2.33. The molecule has 2 aliphatic rings. The number of Topliss-reactive ketones (excluding diaryl/α,β-unsaturated/α-hetero) is 1. The van der Waals surface area contributed by atoms with E-state index >= 15 is 0 Å². The zero-order chi connectivity index (χ0) is 25.3. The standard InChI is InChI=1S/C28H29NO6S/c1-2-29(14-15-30)36(32,33)24-9-6-21(7-10-24)22-5-3-4-20(16-22)17-27(31)28(12-13-28)23-8-11-25-26(18-23)35-19-34-25/h3-11,16,18,30H,2,12-15,17,19H2,1H3. The lowest BCUT2D eigenvalue weighted by Gasteiger charge is -2.19. The average Bonchev–Trinajstić information content (AvgIpc) is 3.58. The van der Waals surface area contributed by atoms with Crippen LogP contribution in [-0.4, -0.2) is 50.1 Å². The minimum atomic E-state index is -3.66. The van der Waals surface area contributed by atoms with Gasteiger partial charge in [-0.15, -0.1) is 0 Å². The zero-order valence-electron chi connectivity index (χ0n) is 20.1. The Labute approximate surface area is 211 Å². The lowest BCUT2D eigenvalue weighted by molar-refractivity contribution is -0.120. The number of nitrogens with zero attached hydrogens (tertiary/aromatic N) is 1. The molecule has 1 fully saturated rings. The number of ketones is 1. The van der Waals surface area contributed by atoms with E-state index in [9.17, 15) is 18.3 Å². The van der Waals surface area contributed by atoms with E-state index in [1.54, 1.807) is 31.2 Å². The summed E-state index contributed by atoms with van der Waals surface area (Å²) in [5.41, 5.74) is 3.21. The van der Waals surface area contributed by atoms with Gasteiger partial charge in [0.2, 0.25) is 16.8 Å². The Morgan fingerprint density at radius 1 is 0.972 bits per heavy atom. The third-order valence-corrected chi connectivity index (χ3v) is 9.02. The van der Waals surface area contributed by atoms with Crippen molar-refractivity contribution in [2.75, 3.05) is 26.5 Å². The molecule has 1 aliphatic heterocycles. The Balaban J connectivity index is 1.33. The van der Waals surface area contributed by atoms with Crippen molar-refractivity contribution in [3.63, 3.8) is 0 Å². The Morgan fingerprint density at radius 3 is 2.42 bits per heavy atom. The topological polar surface area (TPSA) is 93.1 Å². The summed E-state index contributed by atoms with van der Waals surface area (Å²) in [7, 11) is -3.66. The van der Waals surface area contributed by atoms with E-state index in [1.807, 2.05) is 42.5 Å². The van der Waals surface area contributed by atoms with E-state index in [2.05, 4.69) is 0 Å². The van der Waals surface area contributed by atoms with Gasteiger partial charge in [0.1, 0.15) is 5.78 Å². The van der Waals surface area contributed by atoms with Gasteiger partial charge >= 0.3 is 0 Å². The zero-order valence-corrected chi connectivity index (χ0v) is 21.0. The molecule has 3 aromatic rings. The monoisotopic (exact) mass is 507 g/mol. The molecule has 0 atom stereocenters. The average molecular weight is 508 g/mol. The fourth-order valence-corrected chi connectivity index (χ4v) is 6.23. The van der Waals surface area contributed by atoms with Gasteiger partial charge in [-0.1, -0.05) is 49.4 Å². The van der Waals surface area contributed by atoms with Crippen molar-refractivity contribution in [1.82, 2.24) is 4.31 Å². The van der Waals surface area contributed by atoms with E-state index in [4.69, 9.17) is 9.47 Å². The third-order valence-electron chi connectivity index (χ3n) is 7.03. The maximum Gasteiger partial charge on any atom is 0.243 e. The van der Waals surface area contributed by atoms with Crippen LogP contribution in [0.25, 0.3) is 11.1 Å². The number of aliphatic hydroxyl groups excluding tert-OH is 1. The number of rotatable bonds is 10. The summed E-state index contributed by atoms with van der Waals surface area (Å²) in [6.07, 6.45) is 1.97. The maximum atomic E-state index is 13.4. The quantitative estimate of drug-likeness (QED) is 0.447. The van der Waals surface area contributed by atoms with Crippen molar-refractivity contribution >= 4 is 15.8 Å². The van der Waals surface area contributed by atoms with Crippen LogP contribution in [0.4, 0.5) is 0 Å². The number of fused-ring (bicyclic) bond motifs is 1. The highest BCUT2D eigenvalue weighted by Crippen LogP contribution is 2.51. The molecule has 0 radical (unpaired) electrons. The summed E-state index contributed by atoms with van der Waals surface area (Å²) in [6.45, 7) is 2.07. The van der Waals surface area contributed by atoms with Gasteiger partial charge in [-0.05, 0) is 59.4 Å². The molecule has 1 N–H and O–H groups in total. The molecule has 8 heteroatoms. The molecule has 0 aromatic heterocycles. The molecule has 1 heterocycles. The Hall–Kier alpha value is -3.20. The second-order valence-corrected chi connectivity index (χ2v) is 11.1. The van der Waals surface area contributed by atoms with Crippen LogP contribution in [0.15, 0.2) is 71.6 Å². The lowest BCUT2D eigenvalue weighted by atomic mass is 9.87. The summed E-state index contributed by atoms with van der Waals surface area (Å²) < 4.78 is 37.8. The normalized spacial score (nSPS) is 15.8. The fourth-order valence-electron chi connectivity index (χ4n) is 4.79. The predicted octanol–water partition coefficient (Wildman–Crippen LogP) is 3.93. The highest BCUT2D eigenvalue weighted by molar-refractivity contribution is 7.89. The predicted molar refractivity (Wildman–Crippen MR) is 136 cm³/mol. The van der Waals surface area contributed by atoms with Crippen molar-refractivity contribution in [3.8, 4) is 22.6 Å². The third kappa shape index (κ3) is 4.52. The molecule has 1 aliphatic carbocycles. The van der Waals surface area contributed by atoms with Crippen molar-refractivity contribution < 1.29 is 27.8 Å². The van der Waals surface area contributed by atoms with Crippen LogP contribution in [0.5, 0.6) is 11.5 Å². The first-order valence-electron chi connectivity index (χ1n) is 12.1. The minimum Gasteiger partial charge on any atom is -0.454 e.